The molecule has 2 N–H and O–H groups in total. The maximum Gasteiger partial charge on any atom is 0.163 e. The Morgan fingerprint density at radius 1 is 1.39 bits per heavy atom. The van der Waals surface area contributed by atoms with Gasteiger partial charge in [-0.25, -0.2) is 0 Å². The van der Waals surface area contributed by atoms with E-state index in [0.29, 0.717) is 17.9 Å². The number of Topliss-reactive ketones (excluding diaryl/α,β-unsaturated/α-hetero) is 1. The van der Waals surface area contributed by atoms with E-state index >= 15 is 0 Å². The molecule has 0 fully saturated rings. The number of benzene rings is 1. The summed E-state index contributed by atoms with van der Waals surface area (Å²) in [6.07, 6.45) is 1.02. The first-order valence-electron chi connectivity index (χ1n) is 6.17. The Morgan fingerprint density at radius 2 is 2.11 bits per heavy atom. The number of carbonyl (C=O) groups is 1. The minimum atomic E-state index is 0.0372. The molecule has 0 heterocycles. The first-order chi connectivity index (χ1) is 8.61. The molecule has 0 saturated heterocycles. The van der Waals surface area contributed by atoms with Gasteiger partial charge in [0.05, 0.1) is 12.2 Å². The number of ketones is 1. The van der Waals surface area contributed by atoms with Gasteiger partial charge in [0.15, 0.2) is 5.78 Å². The number of hydrogen-bond acceptors (Lipinski definition) is 4. The van der Waals surface area contributed by atoms with Crippen molar-refractivity contribution in [3.63, 3.8) is 0 Å². The minimum absolute atomic E-state index is 0.0372. The molecule has 18 heavy (non-hydrogen) atoms. The van der Waals surface area contributed by atoms with Crippen LogP contribution in [0.15, 0.2) is 24.3 Å². The summed E-state index contributed by atoms with van der Waals surface area (Å²) < 4.78 is 5.63. The van der Waals surface area contributed by atoms with Crippen molar-refractivity contribution in [2.45, 2.75) is 26.3 Å². The molecule has 4 heteroatoms. The molecule has 0 saturated carbocycles. The predicted octanol–water partition coefficient (Wildman–Crippen LogP) is 2.74. The number of rotatable bonds is 8. The molecule has 0 spiro atoms. The van der Waals surface area contributed by atoms with E-state index in [4.69, 9.17) is 10.5 Å². The van der Waals surface area contributed by atoms with Gasteiger partial charge < -0.3 is 10.5 Å². The quantitative estimate of drug-likeness (QED) is 0.581. The van der Waals surface area contributed by atoms with Crippen LogP contribution in [-0.4, -0.2) is 29.9 Å². The fraction of sp³-hybridized carbons (Fsp3) is 0.500. The number of hydrogen-bond donors (Lipinski definition) is 1. The molecule has 0 bridgehead atoms. The second kappa shape index (κ2) is 8.16. The lowest BCUT2D eigenvalue weighted by molar-refractivity contribution is 0.101. The Morgan fingerprint density at radius 3 is 2.78 bits per heavy atom. The Bertz CT molecular complexity index is 380. The molecule has 0 aromatic heterocycles. The van der Waals surface area contributed by atoms with E-state index in [-0.39, 0.29) is 11.8 Å². The Hall–Kier alpha value is -1.00. The van der Waals surface area contributed by atoms with Crippen LogP contribution in [0.3, 0.4) is 0 Å². The zero-order valence-corrected chi connectivity index (χ0v) is 11.8. The molecule has 0 radical (unpaired) electrons. The molecule has 0 aliphatic carbocycles. The van der Waals surface area contributed by atoms with E-state index < -0.39 is 0 Å². The number of para-hydroxylation sites is 1. The first-order valence-corrected chi connectivity index (χ1v) is 7.33. The van der Waals surface area contributed by atoms with Crippen LogP contribution in [0.25, 0.3) is 0 Å². The summed E-state index contributed by atoms with van der Waals surface area (Å²) in [5, 5.41) is 0. The molecule has 1 rings (SSSR count). The van der Waals surface area contributed by atoms with Gasteiger partial charge in [-0.15, -0.1) is 0 Å². The topological polar surface area (TPSA) is 52.3 Å². The summed E-state index contributed by atoms with van der Waals surface area (Å²) in [5.41, 5.74) is 6.32. The van der Waals surface area contributed by atoms with E-state index in [1.54, 1.807) is 13.0 Å². The zero-order chi connectivity index (χ0) is 13.4. The van der Waals surface area contributed by atoms with E-state index in [2.05, 4.69) is 0 Å². The Labute approximate surface area is 113 Å². The summed E-state index contributed by atoms with van der Waals surface area (Å²) in [6.45, 7) is 4.19. The smallest absolute Gasteiger partial charge is 0.163 e. The van der Waals surface area contributed by atoms with Crippen molar-refractivity contribution in [2.24, 2.45) is 5.73 Å². The largest absolute Gasteiger partial charge is 0.492 e. The van der Waals surface area contributed by atoms with Gasteiger partial charge in [0.1, 0.15) is 5.75 Å². The number of carbonyl (C=O) groups excluding carboxylic acids is 1. The summed E-state index contributed by atoms with van der Waals surface area (Å²) in [5.74, 6) is 2.68. The van der Waals surface area contributed by atoms with Gasteiger partial charge in [-0.05, 0) is 38.2 Å². The fourth-order valence-corrected chi connectivity index (χ4v) is 2.41. The SMILES string of the molecule is CC(=O)c1ccccc1OCCSCCC(C)N. The van der Waals surface area contributed by atoms with Gasteiger partial charge in [-0.1, -0.05) is 12.1 Å². The third kappa shape index (κ3) is 5.56. The number of ether oxygens (including phenoxy) is 1. The summed E-state index contributed by atoms with van der Waals surface area (Å²) in [7, 11) is 0. The molecular formula is C14H21NO2S. The van der Waals surface area contributed by atoms with Crippen molar-refractivity contribution in [3.8, 4) is 5.75 Å². The van der Waals surface area contributed by atoms with Crippen molar-refractivity contribution < 1.29 is 9.53 Å². The lowest BCUT2D eigenvalue weighted by Crippen LogP contribution is -2.15. The van der Waals surface area contributed by atoms with Crippen LogP contribution in [-0.2, 0) is 0 Å². The van der Waals surface area contributed by atoms with Gasteiger partial charge in [0.2, 0.25) is 0 Å². The van der Waals surface area contributed by atoms with Crippen LogP contribution in [0.2, 0.25) is 0 Å². The van der Waals surface area contributed by atoms with Crippen LogP contribution in [0, 0.1) is 0 Å². The molecule has 1 aromatic rings. The van der Waals surface area contributed by atoms with Gasteiger partial charge >= 0.3 is 0 Å². The van der Waals surface area contributed by atoms with Crippen LogP contribution < -0.4 is 10.5 Å². The molecule has 100 valence electrons. The number of nitrogens with two attached hydrogens (primary N) is 1. The summed E-state index contributed by atoms with van der Waals surface area (Å²) in [6, 6.07) is 7.62. The lowest BCUT2D eigenvalue weighted by atomic mass is 10.1. The maximum absolute atomic E-state index is 11.4. The second-order valence-electron chi connectivity index (χ2n) is 4.28. The third-order valence-electron chi connectivity index (χ3n) is 2.47. The normalized spacial score (nSPS) is 12.2. The highest BCUT2D eigenvalue weighted by atomic mass is 32.2. The van der Waals surface area contributed by atoms with Gasteiger partial charge in [0.25, 0.3) is 0 Å². The monoisotopic (exact) mass is 267 g/mol. The zero-order valence-electron chi connectivity index (χ0n) is 11.0. The molecule has 1 aromatic carbocycles. The molecule has 1 unspecified atom stereocenters. The van der Waals surface area contributed by atoms with Crippen LogP contribution in [0.4, 0.5) is 0 Å². The van der Waals surface area contributed by atoms with Crippen LogP contribution in [0.5, 0.6) is 5.75 Å². The Balaban J connectivity index is 2.29. The lowest BCUT2D eigenvalue weighted by Gasteiger charge is -2.09. The second-order valence-corrected chi connectivity index (χ2v) is 5.50. The van der Waals surface area contributed by atoms with E-state index in [9.17, 15) is 4.79 Å². The molecular weight excluding hydrogens is 246 g/mol. The molecule has 1 atom stereocenters. The molecule has 0 aliphatic rings. The number of thioether (sulfide) groups is 1. The highest BCUT2D eigenvalue weighted by Gasteiger charge is 2.06. The average molecular weight is 267 g/mol. The molecule has 3 nitrogen and oxygen atoms in total. The molecule has 0 aliphatic heterocycles. The summed E-state index contributed by atoms with van der Waals surface area (Å²) >= 11 is 1.83. The molecule has 0 amide bonds. The standard InChI is InChI=1S/C14H21NO2S/c1-11(15)7-9-18-10-8-17-14-6-4-3-5-13(14)12(2)16/h3-6,11H,7-10,15H2,1-2H3. The van der Waals surface area contributed by atoms with E-state index in [0.717, 1.165) is 17.9 Å². The minimum Gasteiger partial charge on any atom is -0.492 e. The van der Waals surface area contributed by atoms with Crippen molar-refractivity contribution in [2.75, 3.05) is 18.1 Å². The highest BCUT2D eigenvalue weighted by Crippen LogP contribution is 2.18. The van der Waals surface area contributed by atoms with Crippen molar-refractivity contribution >= 4 is 17.5 Å². The van der Waals surface area contributed by atoms with Crippen LogP contribution >= 0.6 is 11.8 Å². The van der Waals surface area contributed by atoms with E-state index in [1.165, 1.54) is 0 Å². The first kappa shape index (κ1) is 15.1. The van der Waals surface area contributed by atoms with Crippen molar-refractivity contribution in [1.82, 2.24) is 0 Å². The third-order valence-corrected chi connectivity index (χ3v) is 3.45. The predicted molar refractivity (Wildman–Crippen MR) is 77.5 cm³/mol. The van der Waals surface area contributed by atoms with Crippen molar-refractivity contribution in [1.29, 1.82) is 0 Å². The van der Waals surface area contributed by atoms with Crippen LogP contribution in [0.1, 0.15) is 30.6 Å². The fourth-order valence-electron chi connectivity index (χ4n) is 1.47. The average Bonchev–Trinajstić information content (AvgIpc) is 2.33. The van der Waals surface area contributed by atoms with E-state index in [1.807, 2.05) is 36.9 Å². The summed E-state index contributed by atoms with van der Waals surface area (Å²) in [4.78, 5) is 11.4. The highest BCUT2D eigenvalue weighted by molar-refractivity contribution is 7.99. The van der Waals surface area contributed by atoms with Gasteiger partial charge in [-0.3, -0.25) is 4.79 Å². The van der Waals surface area contributed by atoms with Gasteiger partial charge in [-0.2, -0.15) is 11.8 Å². The van der Waals surface area contributed by atoms with Gasteiger partial charge in [0, 0.05) is 11.8 Å². The van der Waals surface area contributed by atoms with Crippen molar-refractivity contribution in [3.05, 3.63) is 29.8 Å². The Kier molecular flexibility index (Phi) is 6.83. The maximum atomic E-state index is 11.4.